The molecule has 0 spiro atoms. The minimum absolute atomic E-state index is 0.0447. The minimum Gasteiger partial charge on any atom is -0.353 e. The van der Waals surface area contributed by atoms with Crippen LogP contribution in [0.15, 0.2) is 54.7 Å². The van der Waals surface area contributed by atoms with Crippen molar-refractivity contribution in [2.75, 3.05) is 31.1 Å². The van der Waals surface area contributed by atoms with E-state index in [4.69, 9.17) is 0 Å². The number of nitrogens with one attached hydrogen (secondary N) is 2. The lowest BCUT2D eigenvalue weighted by Crippen LogP contribution is -2.60. The van der Waals surface area contributed by atoms with Gasteiger partial charge in [-0.15, -0.1) is 11.8 Å². The van der Waals surface area contributed by atoms with E-state index in [1.54, 1.807) is 18.0 Å². The second-order valence-electron chi connectivity index (χ2n) is 8.40. The fourth-order valence-corrected chi connectivity index (χ4v) is 5.45. The Hall–Kier alpha value is -2.58. The van der Waals surface area contributed by atoms with Gasteiger partial charge in [0.25, 0.3) is 0 Å². The maximum absolute atomic E-state index is 12.9. The highest BCUT2D eigenvalue weighted by Crippen LogP contribution is 2.32. The number of carbonyl (C=O) groups is 2. The number of anilines is 1. The van der Waals surface area contributed by atoms with Crippen LogP contribution in [-0.2, 0) is 9.59 Å². The number of nitrogens with zero attached hydrogens (tertiary/aromatic N) is 3. The highest BCUT2D eigenvalue weighted by Gasteiger charge is 2.37. The number of aromatic nitrogens is 1. The quantitative estimate of drug-likeness (QED) is 0.700. The molecule has 2 saturated heterocycles. The zero-order valence-corrected chi connectivity index (χ0v) is 19.4. The molecule has 7 nitrogen and oxygen atoms in total. The van der Waals surface area contributed by atoms with Crippen molar-refractivity contribution in [2.45, 2.75) is 37.1 Å². The lowest BCUT2D eigenvalue weighted by atomic mass is 9.94. The molecule has 2 amide bonds. The van der Waals surface area contributed by atoms with E-state index in [9.17, 15) is 9.59 Å². The van der Waals surface area contributed by atoms with Gasteiger partial charge in [-0.05, 0) is 31.5 Å². The first kappa shape index (κ1) is 22.6. The van der Waals surface area contributed by atoms with Gasteiger partial charge in [-0.25, -0.2) is 4.98 Å². The SMILES string of the molecule is CC(SC1NC(=O)C(CC(=O)N2CCN(c3ccccn3)CC2)C(C)N1)c1ccccc1. The summed E-state index contributed by atoms with van der Waals surface area (Å²) in [7, 11) is 0. The molecule has 0 bridgehead atoms. The van der Waals surface area contributed by atoms with Crippen LogP contribution in [0.25, 0.3) is 0 Å². The van der Waals surface area contributed by atoms with Gasteiger partial charge in [-0.2, -0.15) is 0 Å². The maximum Gasteiger partial charge on any atom is 0.227 e. The highest BCUT2D eigenvalue weighted by molar-refractivity contribution is 8.00. The Kier molecular flexibility index (Phi) is 7.32. The molecule has 2 aliphatic rings. The van der Waals surface area contributed by atoms with Crippen LogP contribution < -0.4 is 15.5 Å². The molecule has 4 rings (SSSR count). The van der Waals surface area contributed by atoms with Crippen molar-refractivity contribution in [2.24, 2.45) is 5.92 Å². The summed E-state index contributed by atoms with van der Waals surface area (Å²) in [5.74, 6) is 0.579. The summed E-state index contributed by atoms with van der Waals surface area (Å²) in [6.45, 7) is 6.94. The molecule has 32 heavy (non-hydrogen) atoms. The zero-order valence-electron chi connectivity index (χ0n) is 18.6. The van der Waals surface area contributed by atoms with Crippen molar-refractivity contribution in [3.63, 3.8) is 0 Å². The van der Waals surface area contributed by atoms with Gasteiger partial charge in [0.15, 0.2) is 0 Å². The lowest BCUT2D eigenvalue weighted by molar-refractivity contribution is -0.138. The van der Waals surface area contributed by atoms with Gasteiger partial charge in [0.1, 0.15) is 11.3 Å². The molecule has 8 heteroatoms. The fourth-order valence-electron chi connectivity index (χ4n) is 4.25. The summed E-state index contributed by atoms with van der Waals surface area (Å²) >= 11 is 1.68. The van der Waals surface area contributed by atoms with E-state index in [2.05, 4.69) is 39.6 Å². The average molecular weight is 454 g/mol. The Morgan fingerprint density at radius 1 is 1.12 bits per heavy atom. The van der Waals surface area contributed by atoms with Crippen molar-refractivity contribution in [1.82, 2.24) is 20.5 Å². The summed E-state index contributed by atoms with van der Waals surface area (Å²) in [5, 5.41) is 6.78. The molecule has 2 aliphatic heterocycles. The number of benzene rings is 1. The normalized spacial score (nSPS) is 24.7. The van der Waals surface area contributed by atoms with Crippen LogP contribution in [-0.4, -0.2) is 59.4 Å². The summed E-state index contributed by atoms with van der Waals surface area (Å²) in [6.07, 6.45) is 2.02. The molecule has 4 unspecified atom stereocenters. The summed E-state index contributed by atoms with van der Waals surface area (Å²) in [4.78, 5) is 34.2. The first-order valence-electron chi connectivity index (χ1n) is 11.2. The summed E-state index contributed by atoms with van der Waals surface area (Å²) < 4.78 is 0. The number of hydrogen-bond acceptors (Lipinski definition) is 6. The Morgan fingerprint density at radius 2 is 1.84 bits per heavy atom. The molecule has 0 aliphatic carbocycles. The van der Waals surface area contributed by atoms with E-state index >= 15 is 0 Å². The predicted octanol–water partition coefficient (Wildman–Crippen LogP) is 2.62. The first-order chi connectivity index (χ1) is 15.5. The summed E-state index contributed by atoms with van der Waals surface area (Å²) in [5.41, 5.74) is 1.06. The monoisotopic (exact) mass is 453 g/mol. The third-order valence-corrected chi connectivity index (χ3v) is 7.44. The van der Waals surface area contributed by atoms with Crippen LogP contribution in [0.4, 0.5) is 5.82 Å². The summed E-state index contributed by atoms with van der Waals surface area (Å²) in [6, 6.07) is 16.1. The molecule has 1 aromatic heterocycles. The largest absolute Gasteiger partial charge is 0.353 e. The minimum atomic E-state index is -0.361. The molecule has 3 heterocycles. The number of carbonyl (C=O) groups excluding carboxylic acids is 2. The van der Waals surface area contributed by atoms with Crippen molar-refractivity contribution in [3.05, 3.63) is 60.3 Å². The molecule has 1 aromatic carbocycles. The van der Waals surface area contributed by atoms with Crippen molar-refractivity contribution >= 4 is 29.4 Å². The van der Waals surface area contributed by atoms with Crippen LogP contribution in [0, 0.1) is 5.92 Å². The lowest BCUT2D eigenvalue weighted by Gasteiger charge is -2.38. The topological polar surface area (TPSA) is 77.6 Å². The Morgan fingerprint density at radius 3 is 2.50 bits per heavy atom. The third kappa shape index (κ3) is 5.42. The van der Waals surface area contributed by atoms with Gasteiger partial charge in [0, 0.05) is 50.1 Å². The molecule has 4 atom stereocenters. The predicted molar refractivity (Wildman–Crippen MR) is 128 cm³/mol. The van der Waals surface area contributed by atoms with Crippen molar-refractivity contribution < 1.29 is 9.59 Å². The van der Waals surface area contributed by atoms with Crippen LogP contribution in [0.2, 0.25) is 0 Å². The standard InChI is InChI=1S/C24H31N5O2S/c1-17-20(23(31)27-24(26-17)32-18(2)19-8-4-3-5-9-19)16-22(30)29-14-12-28(13-15-29)21-10-6-7-11-25-21/h3-11,17-18,20,24,26H,12-16H2,1-2H3,(H,27,31). The molecular weight excluding hydrogens is 422 g/mol. The second kappa shape index (κ2) is 10.4. The number of hydrogen-bond donors (Lipinski definition) is 2. The molecule has 2 fully saturated rings. The maximum atomic E-state index is 12.9. The molecule has 0 radical (unpaired) electrons. The van der Waals surface area contributed by atoms with E-state index in [-0.39, 0.29) is 40.9 Å². The zero-order chi connectivity index (χ0) is 22.5. The number of amides is 2. The number of pyridine rings is 1. The number of piperazine rings is 1. The van der Waals surface area contributed by atoms with Crippen molar-refractivity contribution in [3.8, 4) is 0 Å². The molecule has 2 aromatic rings. The van der Waals surface area contributed by atoms with Crippen LogP contribution in [0.3, 0.4) is 0 Å². The fraction of sp³-hybridized carbons (Fsp3) is 0.458. The number of rotatable bonds is 6. The molecule has 2 N–H and O–H groups in total. The van der Waals surface area contributed by atoms with Crippen LogP contribution in [0.5, 0.6) is 0 Å². The highest BCUT2D eigenvalue weighted by atomic mass is 32.2. The number of thioether (sulfide) groups is 1. The molecule has 170 valence electrons. The van der Waals surface area contributed by atoms with E-state index in [0.29, 0.717) is 13.1 Å². The van der Waals surface area contributed by atoms with E-state index in [0.717, 1.165) is 18.9 Å². The third-order valence-electron chi connectivity index (χ3n) is 6.24. The van der Waals surface area contributed by atoms with E-state index < -0.39 is 0 Å². The molecule has 0 saturated carbocycles. The Labute approximate surface area is 194 Å². The average Bonchev–Trinajstić information content (AvgIpc) is 2.82. The Balaban J connectivity index is 1.27. The van der Waals surface area contributed by atoms with Gasteiger partial charge in [-0.1, -0.05) is 36.4 Å². The van der Waals surface area contributed by atoms with E-state index in [1.165, 1.54) is 5.56 Å². The molecular formula is C24H31N5O2S. The van der Waals surface area contributed by atoms with Gasteiger partial charge < -0.3 is 15.1 Å². The van der Waals surface area contributed by atoms with Gasteiger partial charge in [0.05, 0.1) is 5.92 Å². The smallest absolute Gasteiger partial charge is 0.227 e. The Bertz CT molecular complexity index is 905. The van der Waals surface area contributed by atoms with Gasteiger partial charge in [0.2, 0.25) is 11.8 Å². The second-order valence-corrected chi connectivity index (χ2v) is 9.85. The van der Waals surface area contributed by atoms with Gasteiger partial charge >= 0.3 is 0 Å². The van der Waals surface area contributed by atoms with Crippen molar-refractivity contribution in [1.29, 1.82) is 0 Å². The first-order valence-corrected chi connectivity index (χ1v) is 12.2. The van der Waals surface area contributed by atoms with Crippen LogP contribution in [0.1, 0.15) is 31.1 Å². The van der Waals surface area contributed by atoms with Gasteiger partial charge in [-0.3, -0.25) is 14.9 Å². The van der Waals surface area contributed by atoms with Crippen LogP contribution >= 0.6 is 11.8 Å². The van der Waals surface area contributed by atoms with E-state index in [1.807, 2.05) is 48.2 Å².